The number of nitrogens with one attached hydrogen (secondary N) is 1. The van der Waals surface area contributed by atoms with E-state index in [0.29, 0.717) is 5.92 Å². The van der Waals surface area contributed by atoms with Crippen molar-refractivity contribution in [3.63, 3.8) is 0 Å². The maximum atomic E-state index is 3.45. The molecule has 0 radical (unpaired) electrons. The van der Waals surface area contributed by atoms with Crippen LogP contribution in [0.5, 0.6) is 0 Å². The molecular formula is C22H26N2. The third kappa shape index (κ3) is 2.46. The number of hydrogen-bond donors (Lipinski definition) is 1. The average Bonchev–Trinajstić information content (AvgIpc) is 3.06. The highest BCUT2D eigenvalue weighted by molar-refractivity contribution is 5.83. The summed E-state index contributed by atoms with van der Waals surface area (Å²) in [7, 11) is 4.47. The highest BCUT2D eigenvalue weighted by Crippen LogP contribution is 2.47. The van der Waals surface area contributed by atoms with Crippen molar-refractivity contribution in [2.45, 2.75) is 37.1 Å². The van der Waals surface area contributed by atoms with E-state index in [1.165, 1.54) is 47.7 Å². The summed E-state index contributed by atoms with van der Waals surface area (Å²) < 4.78 is 0. The highest BCUT2D eigenvalue weighted by atomic mass is 15.1. The Labute approximate surface area is 144 Å². The lowest BCUT2D eigenvalue weighted by atomic mass is 9.70. The van der Waals surface area contributed by atoms with Crippen molar-refractivity contribution in [1.82, 2.24) is 9.88 Å². The molecular weight excluding hydrogens is 292 g/mol. The second kappa shape index (κ2) is 6.10. The molecule has 1 N–H and O–H groups in total. The van der Waals surface area contributed by atoms with Crippen molar-refractivity contribution < 1.29 is 0 Å². The second-order valence-corrected chi connectivity index (χ2v) is 7.36. The number of para-hydroxylation sites is 1. The predicted molar refractivity (Wildman–Crippen MR) is 101 cm³/mol. The van der Waals surface area contributed by atoms with Gasteiger partial charge in [0, 0.05) is 22.6 Å². The Kier molecular flexibility index (Phi) is 3.93. The zero-order chi connectivity index (χ0) is 16.6. The van der Waals surface area contributed by atoms with Crippen molar-refractivity contribution in [3.8, 4) is 0 Å². The van der Waals surface area contributed by atoms with E-state index in [1.807, 2.05) is 0 Å². The van der Waals surface area contributed by atoms with E-state index < -0.39 is 0 Å². The summed E-state index contributed by atoms with van der Waals surface area (Å²) in [6.07, 6.45) is 7.16. The van der Waals surface area contributed by atoms with E-state index in [9.17, 15) is 0 Å². The zero-order valence-electron chi connectivity index (χ0n) is 14.6. The monoisotopic (exact) mass is 318 g/mol. The van der Waals surface area contributed by atoms with Crippen LogP contribution in [0.25, 0.3) is 10.9 Å². The van der Waals surface area contributed by atoms with E-state index in [0.717, 1.165) is 0 Å². The number of benzene rings is 2. The Morgan fingerprint density at radius 2 is 1.58 bits per heavy atom. The van der Waals surface area contributed by atoms with E-state index in [2.05, 4.69) is 84.8 Å². The summed E-state index contributed by atoms with van der Waals surface area (Å²) in [5, 5.41) is 1.40. The first-order valence-electron chi connectivity index (χ1n) is 9.00. The van der Waals surface area contributed by atoms with E-state index in [-0.39, 0.29) is 5.54 Å². The molecule has 0 bridgehead atoms. The molecule has 1 aliphatic rings. The van der Waals surface area contributed by atoms with Gasteiger partial charge in [-0.05, 0) is 62.9 Å². The number of aromatic nitrogens is 1. The van der Waals surface area contributed by atoms with Crippen LogP contribution in [0.15, 0.2) is 60.8 Å². The fourth-order valence-electron chi connectivity index (χ4n) is 4.58. The van der Waals surface area contributed by atoms with Gasteiger partial charge < -0.3 is 4.98 Å². The molecule has 24 heavy (non-hydrogen) atoms. The molecule has 1 fully saturated rings. The molecule has 2 heteroatoms. The van der Waals surface area contributed by atoms with E-state index in [1.54, 1.807) is 0 Å². The molecule has 0 amide bonds. The fraction of sp³-hybridized carbons (Fsp3) is 0.364. The molecule has 0 saturated heterocycles. The van der Waals surface area contributed by atoms with Gasteiger partial charge in [0.15, 0.2) is 0 Å². The van der Waals surface area contributed by atoms with Gasteiger partial charge in [-0.25, -0.2) is 0 Å². The summed E-state index contributed by atoms with van der Waals surface area (Å²) in [6.45, 7) is 0. The molecule has 2 aromatic carbocycles. The van der Waals surface area contributed by atoms with Crippen LogP contribution >= 0.6 is 0 Å². The predicted octanol–water partition coefficient (Wildman–Crippen LogP) is 5.28. The lowest BCUT2D eigenvalue weighted by Crippen LogP contribution is -2.44. The topological polar surface area (TPSA) is 19.0 Å². The minimum atomic E-state index is 0.184. The molecule has 1 heterocycles. The minimum Gasteiger partial charge on any atom is -0.361 e. The van der Waals surface area contributed by atoms with Crippen molar-refractivity contribution in [1.29, 1.82) is 0 Å². The maximum absolute atomic E-state index is 3.45. The van der Waals surface area contributed by atoms with Gasteiger partial charge >= 0.3 is 0 Å². The molecule has 2 nitrogen and oxygen atoms in total. The molecule has 3 aromatic rings. The normalized spacial score (nSPS) is 24.5. The van der Waals surface area contributed by atoms with Crippen molar-refractivity contribution >= 4 is 10.9 Å². The van der Waals surface area contributed by atoms with Crippen molar-refractivity contribution in [3.05, 3.63) is 71.9 Å². The molecule has 1 aromatic heterocycles. The summed E-state index contributed by atoms with van der Waals surface area (Å²) >= 11 is 0. The smallest absolute Gasteiger partial charge is 0.0456 e. The highest BCUT2D eigenvalue weighted by Gasteiger charge is 2.39. The summed E-state index contributed by atoms with van der Waals surface area (Å²) in [5.74, 6) is 0.665. The fourth-order valence-corrected chi connectivity index (χ4v) is 4.58. The standard InChI is InChI=1S/C22H26N2/c1-24(2)22(18-8-4-3-5-9-18)14-12-17(13-15-22)20-16-23-21-11-7-6-10-19(20)21/h3-11,16-17,23H,12-15H2,1-2H3. The summed E-state index contributed by atoms with van der Waals surface area (Å²) in [4.78, 5) is 5.89. The first-order valence-corrected chi connectivity index (χ1v) is 9.00. The van der Waals surface area contributed by atoms with Gasteiger partial charge in [0.2, 0.25) is 0 Å². The molecule has 0 aliphatic heterocycles. The number of rotatable bonds is 3. The average molecular weight is 318 g/mol. The maximum Gasteiger partial charge on any atom is 0.0456 e. The van der Waals surface area contributed by atoms with Crippen LogP contribution in [-0.4, -0.2) is 24.0 Å². The van der Waals surface area contributed by atoms with Crippen molar-refractivity contribution in [2.75, 3.05) is 14.1 Å². The van der Waals surface area contributed by atoms with Crippen molar-refractivity contribution in [2.24, 2.45) is 0 Å². The van der Waals surface area contributed by atoms with Crippen LogP contribution in [0.1, 0.15) is 42.7 Å². The summed E-state index contributed by atoms with van der Waals surface area (Å²) in [5.41, 5.74) is 4.42. The van der Waals surface area contributed by atoms with Crippen LogP contribution in [0.4, 0.5) is 0 Å². The van der Waals surface area contributed by atoms with Gasteiger partial charge in [0.25, 0.3) is 0 Å². The van der Waals surface area contributed by atoms with Gasteiger partial charge in [-0.1, -0.05) is 48.5 Å². The van der Waals surface area contributed by atoms with Crippen LogP contribution in [0.3, 0.4) is 0 Å². The third-order valence-corrected chi connectivity index (χ3v) is 6.04. The molecule has 0 unspecified atom stereocenters. The Balaban J connectivity index is 1.61. The van der Waals surface area contributed by atoms with Gasteiger partial charge in [-0.3, -0.25) is 4.90 Å². The van der Waals surface area contributed by atoms with Gasteiger partial charge in [0.1, 0.15) is 0 Å². The van der Waals surface area contributed by atoms with E-state index >= 15 is 0 Å². The Hall–Kier alpha value is -2.06. The van der Waals surface area contributed by atoms with Crippen LogP contribution < -0.4 is 0 Å². The first-order chi connectivity index (χ1) is 11.7. The third-order valence-electron chi connectivity index (χ3n) is 6.04. The number of aromatic amines is 1. The number of fused-ring (bicyclic) bond motifs is 1. The van der Waals surface area contributed by atoms with Crippen LogP contribution in [0, 0.1) is 0 Å². The second-order valence-electron chi connectivity index (χ2n) is 7.36. The summed E-state index contributed by atoms with van der Waals surface area (Å²) in [6, 6.07) is 19.7. The largest absolute Gasteiger partial charge is 0.361 e. The zero-order valence-corrected chi connectivity index (χ0v) is 14.6. The lowest BCUT2D eigenvalue weighted by Gasteiger charge is -2.45. The number of nitrogens with zero attached hydrogens (tertiary/aromatic N) is 1. The molecule has 1 aliphatic carbocycles. The quantitative estimate of drug-likeness (QED) is 0.696. The Morgan fingerprint density at radius 3 is 2.29 bits per heavy atom. The van der Waals surface area contributed by atoms with Gasteiger partial charge in [-0.15, -0.1) is 0 Å². The lowest BCUT2D eigenvalue weighted by molar-refractivity contribution is 0.0911. The van der Waals surface area contributed by atoms with Gasteiger partial charge in [0.05, 0.1) is 0 Å². The molecule has 4 rings (SSSR count). The number of hydrogen-bond acceptors (Lipinski definition) is 1. The minimum absolute atomic E-state index is 0.184. The number of H-pyrrole nitrogens is 1. The van der Waals surface area contributed by atoms with Crippen LogP contribution in [0.2, 0.25) is 0 Å². The molecule has 0 spiro atoms. The van der Waals surface area contributed by atoms with Gasteiger partial charge in [-0.2, -0.15) is 0 Å². The van der Waals surface area contributed by atoms with E-state index in [4.69, 9.17) is 0 Å². The SMILES string of the molecule is CN(C)C1(c2ccccc2)CCC(c2c[nH]c3ccccc23)CC1. The first kappa shape index (κ1) is 15.5. The Bertz CT molecular complexity index is 808. The Morgan fingerprint density at radius 1 is 0.917 bits per heavy atom. The van der Waals surface area contributed by atoms with Crippen LogP contribution in [-0.2, 0) is 5.54 Å². The molecule has 1 saturated carbocycles. The molecule has 124 valence electrons. The molecule has 0 atom stereocenters.